The topological polar surface area (TPSA) is 104 Å². The van der Waals surface area contributed by atoms with E-state index < -0.39 is 5.67 Å². The number of rotatable bonds is 9. The molecule has 13 heteroatoms. The third kappa shape index (κ3) is 6.14. The molecular weight excluding hydrogens is 561 g/mol. The fourth-order valence-corrected chi connectivity index (χ4v) is 4.97. The number of alkyl halides is 1. The second kappa shape index (κ2) is 11.9. The first-order valence-electron chi connectivity index (χ1n) is 13.6. The maximum absolute atomic E-state index is 14.7. The van der Waals surface area contributed by atoms with Gasteiger partial charge in [0.1, 0.15) is 11.1 Å². The van der Waals surface area contributed by atoms with Crippen molar-refractivity contribution >= 4 is 46.0 Å². The second-order valence-corrected chi connectivity index (χ2v) is 11.2. The molecule has 0 atom stereocenters. The van der Waals surface area contributed by atoms with E-state index in [9.17, 15) is 14.0 Å². The molecule has 0 bridgehead atoms. The molecule has 3 aromatic heterocycles. The Kier molecular flexibility index (Phi) is 8.28. The van der Waals surface area contributed by atoms with Gasteiger partial charge in [0.25, 0.3) is 5.56 Å². The van der Waals surface area contributed by atoms with E-state index in [0.717, 1.165) is 24.5 Å². The zero-order valence-electron chi connectivity index (χ0n) is 23.8. The molecule has 42 heavy (non-hydrogen) atoms. The van der Waals surface area contributed by atoms with Crippen molar-refractivity contribution in [1.82, 2.24) is 33.6 Å². The van der Waals surface area contributed by atoms with Crippen molar-refractivity contribution in [3.05, 3.63) is 77.4 Å². The molecule has 0 unspecified atom stereocenters. The van der Waals surface area contributed by atoms with Crippen LogP contribution in [0.2, 0.25) is 0 Å². The standard InChI is InChI=1S/C29H33ClFN9O2/c1-5-13-39-27(42)22-18-32-28(35-26(22)40(39)24-8-6-7-23(34-24)29(2,3)31)33-20-9-11-21(12-10-20)37-14-16-38(17-15-37)25(41)19-36(4)30/h5-12,18H,1,13-17,19H2,2-4H3,(H,32,33,35). The van der Waals surface area contributed by atoms with Gasteiger partial charge in [-0.25, -0.2) is 28.1 Å². The molecule has 1 N–H and O–H groups in total. The molecule has 4 heterocycles. The maximum atomic E-state index is 14.7. The van der Waals surface area contributed by atoms with Gasteiger partial charge in [0.15, 0.2) is 11.5 Å². The minimum absolute atomic E-state index is 0.0173. The molecular formula is C29H33ClFN9O2. The summed E-state index contributed by atoms with van der Waals surface area (Å²) in [7, 11) is 1.66. The van der Waals surface area contributed by atoms with Crippen LogP contribution in [-0.4, -0.2) is 79.3 Å². The fourth-order valence-electron chi connectivity index (χ4n) is 4.87. The van der Waals surface area contributed by atoms with E-state index in [0.29, 0.717) is 29.9 Å². The van der Waals surface area contributed by atoms with Crippen molar-refractivity contribution in [2.75, 3.05) is 50.0 Å². The number of amides is 1. The van der Waals surface area contributed by atoms with E-state index >= 15 is 0 Å². The van der Waals surface area contributed by atoms with Crippen LogP contribution < -0.4 is 15.8 Å². The quantitative estimate of drug-likeness (QED) is 0.231. The zero-order chi connectivity index (χ0) is 30.0. The summed E-state index contributed by atoms with van der Waals surface area (Å²) in [5, 5.41) is 3.51. The lowest BCUT2D eigenvalue weighted by Gasteiger charge is -2.36. The zero-order valence-corrected chi connectivity index (χ0v) is 24.6. The van der Waals surface area contributed by atoms with Gasteiger partial charge in [-0.05, 0) is 62.0 Å². The van der Waals surface area contributed by atoms with Crippen LogP contribution in [0.5, 0.6) is 0 Å². The smallest absolute Gasteiger partial charge is 0.278 e. The summed E-state index contributed by atoms with van der Waals surface area (Å²) in [5.74, 6) is 0.666. The van der Waals surface area contributed by atoms with Crippen molar-refractivity contribution in [2.24, 2.45) is 0 Å². The van der Waals surface area contributed by atoms with Gasteiger partial charge in [0.05, 0.1) is 18.8 Å². The normalized spacial score (nSPS) is 14.0. The maximum Gasteiger partial charge on any atom is 0.278 e. The van der Waals surface area contributed by atoms with Crippen LogP contribution in [0.3, 0.4) is 0 Å². The molecule has 4 aromatic rings. The van der Waals surface area contributed by atoms with Crippen LogP contribution in [-0.2, 0) is 17.0 Å². The number of hydrogen-bond donors (Lipinski definition) is 1. The predicted octanol–water partition coefficient (Wildman–Crippen LogP) is 3.85. The molecule has 1 saturated heterocycles. The summed E-state index contributed by atoms with van der Waals surface area (Å²) in [5.41, 5.74) is 0.408. The Morgan fingerprint density at radius 3 is 2.50 bits per heavy atom. The molecule has 1 amide bonds. The third-order valence-electron chi connectivity index (χ3n) is 7.01. The van der Waals surface area contributed by atoms with Gasteiger partial charge in [-0.2, -0.15) is 4.98 Å². The van der Waals surface area contributed by atoms with E-state index in [1.54, 1.807) is 36.0 Å². The summed E-state index contributed by atoms with van der Waals surface area (Å²) >= 11 is 5.82. The van der Waals surface area contributed by atoms with Crippen LogP contribution >= 0.6 is 11.8 Å². The highest BCUT2D eigenvalue weighted by molar-refractivity contribution is 6.14. The lowest BCUT2D eigenvalue weighted by molar-refractivity contribution is -0.131. The first-order chi connectivity index (χ1) is 20.0. The Hall–Kier alpha value is -4.29. The molecule has 220 valence electrons. The molecule has 1 aromatic carbocycles. The molecule has 1 aliphatic rings. The summed E-state index contributed by atoms with van der Waals surface area (Å²) in [6.45, 7) is 9.72. The molecule has 0 saturated carbocycles. The van der Waals surface area contributed by atoms with E-state index in [2.05, 4.69) is 31.7 Å². The molecule has 0 spiro atoms. The summed E-state index contributed by atoms with van der Waals surface area (Å²) in [6, 6.07) is 12.8. The van der Waals surface area contributed by atoms with Gasteiger partial charge in [-0.15, -0.1) is 6.58 Å². The number of piperazine rings is 1. The Morgan fingerprint density at radius 2 is 1.86 bits per heavy atom. The number of pyridine rings is 1. The first kappa shape index (κ1) is 29.2. The largest absolute Gasteiger partial charge is 0.368 e. The van der Waals surface area contributed by atoms with Gasteiger partial charge in [-0.3, -0.25) is 9.59 Å². The van der Waals surface area contributed by atoms with Crippen LogP contribution in [0.15, 0.2) is 66.1 Å². The highest BCUT2D eigenvalue weighted by Crippen LogP contribution is 2.25. The number of fused-ring (bicyclic) bond motifs is 1. The predicted molar refractivity (Wildman–Crippen MR) is 162 cm³/mol. The van der Waals surface area contributed by atoms with E-state index in [1.807, 2.05) is 29.2 Å². The lowest BCUT2D eigenvalue weighted by atomic mass is 10.1. The highest BCUT2D eigenvalue weighted by atomic mass is 35.5. The van der Waals surface area contributed by atoms with Crippen molar-refractivity contribution in [3.63, 3.8) is 0 Å². The molecule has 1 fully saturated rings. The Balaban J connectivity index is 1.38. The van der Waals surface area contributed by atoms with E-state index in [-0.39, 0.29) is 36.2 Å². The summed E-state index contributed by atoms with van der Waals surface area (Å²) in [4.78, 5) is 43.1. The van der Waals surface area contributed by atoms with E-state index in [1.165, 1.54) is 29.1 Å². The number of benzene rings is 1. The van der Waals surface area contributed by atoms with Gasteiger partial charge < -0.3 is 15.1 Å². The lowest BCUT2D eigenvalue weighted by Crippen LogP contribution is -2.50. The average molecular weight is 594 g/mol. The average Bonchev–Trinajstić information content (AvgIpc) is 3.23. The molecule has 5 rings (SSSR count). The SMILES string of the molecule is C=CCn1c(=O)c2cnc(Nc3ccc(N4CCN(C(=O)CN(C)Cl)CC4)cc3)nc2n1-c1cccc(C(C)(C)F)n1. The van der Waals surface area contributed by atoms with Crippen molar-refractivity contribution in [1.29, 1.82) is 0 Å². The number of nitrogens with zero attached hydrogens (tertiary/aromatic N) is 8. The van der Waals surface area contributed by atoms with Crippen LogP contribution in [0.25, 0.3) is 16.9 Å². The van der Waals surface area contributed by atoms with Gasteiger partial charge in [0, 0.05) is 50.8 Å². The van der Waals surface area contributed by atoms with Crippen LogP contribution in [0, 0.1) is 0 Å². The minimum Gasteiger partial charge on any atom is -0.368 e. The molecule has 0 radical (unpaired) electrons. The van der Waals surface area contributed by atoms with Crippen molar-refractivity contribution < 1.29 is 9.18 Å². The molecule has 1 aliphatic heterocycles. The van der Waals surface area contributed by atoms with E-state index in [4.69, 9.17) is 11.8 Å². The number of anilines is 3. The molecule has 0 aliphatic carbocycles. The van der Waals surface area contributed by atoms with Gasteiger partial charge in [0.2, 0.25) is 11.9 Å². The van der Waals surface area contributed by atoms with Crippen LogP contribution in [0.4, 0.5) is 21.7 Å². The number of likely N-dealkylation sites (N-methyl/N-ethyl adjacent to an activating group) is 1. The Labute approximate surface area is 247 Å². The van der Waals surface area contributed by atoms with Gasteiger partial charge >= 0.3 is 0 Å². The van der Waals surface area contributed by atoms with Crippen molar-refractivity contribution in [2.45, 2.75) is 26.1 Å². The Bertz CT molecular complexity index is 1650. The van der Waals surface area contributed by atoms with Crippen molar-refractivity contribution in [3.8, 4) is 5.82 Å². The number of halogens is 2. The highest BCUT2D eigenvalue weighted by Gasteiger charge is 2.24. The summed E-state index contributed by atoms with van der Waals surface area (Å²) in [6.07, 6.45) is 3.08. The molecule has 11 nitrogen and oxygen atoms in total. The second-order valence-electron chi connectivity index (χ2n) is 10.6. The number of aromatic nitrogens is 5. The Morgan fingerprint density at radius 1 is 1.14 bits per heavy atom. The first-order valence-corrected chi connectivity index (χ1v) is 13.9. The number of carbonyl (C=O) groups excluding carboxylic acids is 1. The summed E-state index contributed by atoms with van der Waals surface area (Å²) < 4.78 is 19.1. The number of allylic oxidation sites excluding steroid dienone is 1. The third-order valence-corrected chi connectivity index (χ3v) is 7.13. The van der Waals surface area contributed by atoms with Crippen LogP contribution in [0.1, 0.15) is 19.5 Å². The van der Waals surface area contributed by atoms with Gasteiger partial charge in [-0.1, -0.05) is 12.1 Å². The monoisotopic (exact) mass is 593 g/mol. The fraction of sp³-hybridized carbons (Fsp3) is 0.345. The number of carbonyl (C=O) groups is 1. The minimum atomic E-state index is -1.66. The number of hydrogen-bond acceptors (Lipinski definition) is 8. The number of nitrogens with one attached hydrogen (secondary N) is 1.